The van der Waals surface area contributed by atoms with Crippen molar-refractivity contribution in [1.29, 1.82) is 0 Å². The zero-order valence-corrected chi connectivity index (χ0v) is 9.80. The molecule has 0 aromatic heterocycles. The highest BCUT2D eigenvalue weighted by Gasteiger charge is 2.17. The number of carbonyl (C=O) groups is 1. The summed E-state index contributed by atoms with van der Waals surface area (Å²) in [6.07, 6.45) is 3.28. The summed E-state index contributed by atoms with van der Waals surface area (Å²) in [6, 6.07) is 5.95. The summed E-state index contributed by atoms with van der Waals surface area (Å²) in [5, 5.41) is 8.71. The van der Waals surface area contributed by atoms with Crippen molar-refractivity contribution in [3.8, 4) is 0 Å². The number of rotatable bonds is 2. The van der Waals surface area contributed by atoms with Gasteiger partial charge in [0.1, 0.15) is 0 Å². The Labute approximate surface area is 101 Å². The largest absolute Gasteiger partial charge is 0.481 e. The number of hydrogen-bond acceptors (Lipinski definition) is 2. The lowest BCUT2D eigenvalue weighted by atomic mass is 9.87. The maximum absolute atomic E-state index is 10.6. The Morgan fingerprint density at radius 2 is 2.25 bits per heavy atom. The molecule has 1 aliphatic carbocycles. The third-order valence-electron chi connectivity index (χ3n) is 2.93. The van der Waals surface area contributed by atoms with Crippen LogP contribution in [0.15, 0.2) is 18.2 Å². The zero-order valence-electron chi connectivity index (χ0n) is 8.98. The molecule has 0 unspecified atom stereocenters. The topological polar surface area (TPSA) is 63.3 Å². The molecule has 4 heteroatoms. The van der Waals surface area contributed by atoms with Crippen LogP contribution in [0.4, 0.5) is 0 Å². The van der Waals surface area contributed by atoms with E-state index in [1.54, 1.807) is 0 Å². The normalized spacial score (nSPS) is 18.4. The minimum atomic E-state index is -0.792. The van der Waals surface area contributed by atoms with Gasteiger partial charge in [-0.3, -0.25) is 4.79 Å². The second kappa shape index (κ2) is 5.32. The van der Waals surface area contributed by atoms with Crippen LogP contribution in [0.2, 0.25) is 0 Å². The molecule has 0 saturated heterocycles. The highest BCUT2D eigenvalue weighted by atomic mass is 35.5. The molecular weight excluding hydrogens is 226 g/mol. The van der Waals surface area contributed by atoms with Gasteiger partial charge >= 0.3 is 5.97 Å². The molecule has 88 valence electrons. The Bertz CT molecular complexity index is 393. The van der Waals surface area contributed by atoms with Gasteiger partial charge in [-0.2, -0.15) is 0 Å². The van der Waals surface area contributed by atoms with E-state index in [0.717, 1.165) is 30.4 Å². The fourth-order valence-corrected chi connectivity index (χ4v) is 2.17. The maximum Gasteiger partial charge on any atom is 0.307 e. The summed E-state index contributed by atoms with van der Waals surface area (Å²) >= 11 is 0. The monoisotopic (exact) mass is 241 g/mol. The van der Waals surface area contributed by atoms with Crippen LogP contribution in [0.25, 0.3) is 0 Å². The fraction of sp³-hybridized carbons (Fsp3) is 0.417. The molecule has 0 spiro atoms. The minimum Gasteiger partial charge on any atom is -0.481 e. The lowest BCUT2D eigenvalue weighted by molar-refractivity contribution is -0.136. The quantitative estimate of drug-likeness (QED) is 0.833. The van der Waals surface area contributed by atoms with Gasteiger partial charge in [0, 0.05) is 6.04 Å². The second-order valence-electron chi connectivity index (χ2n) is 4.10. The summed E-state index contributed by atoms with van der Waals surface area (Å²) in [5.41, 5.74) is 9.26. The van der Waals surface area contributed by atoms with Gasteiger partial charge in [0.15, 0.2) is 0 Å². The number of aryl methyl sites for hydroxylation is 1. The summed E-state index contributed by atoms with van der Waals surface area (Å²) < 4.78 is 0. The van der Waals surface area contributed by atoms with Gasteiger partial charge in [0.25, 0.3) is 0 Å². The molecule has 3 nitrogen and oxygen atoms in total. The average molecular weight is 242 g/mol. The van der Waals surface area contributed by atoms with Crippen molar-refractivity contribution in [1.82, 2.24) is 0 Å². The van der Waals surface area contributed by atoms with Gasteiger partial charge in [0.05, 0.1) is 6.42 Å². The van der Waals surface area contributed by atoms with Gasteiger partial charge in [-0.25, -0.2) is 0 Å². The molecule has 1 aromatic carbocycles. The van der Waals surface area contributed by atoms with E-state index in [-0.39, 0.29) is 24.9 Å². The molecule has 0 fully saturated rings. The summed E-state index contributed by atoms with van der Waals surface area (Å²) in [5.74, 6) is -0.792. The third-order valence-corrected chi connectivity index (χ3v) is 2.93. The van der Waals surface area contributed by atoms with Crippen LogP contribution < -0.4 is 5.73 Å². The van der Waals surface area contributed by atoms with Crippen LogP contribution in [-0.4, -0.2) is 11.1 Å². The Kier molecular flexibility index (Phi) is 4.33. The van der Waals surface area contributed by atoms with E-state index >= 15 is 0 Å². The minimum absolute atomic E-state index is 0. The molecule has 1 aromatic rings. The predicted molar refractivity (Wildman–Crippen MR) is 64.9 cm³/mol. The van der Waals surface area contributed by atoms with E-state index in [0.29, 0.717) is 0 Å². The van der Waals surface area contributed by atoms with E-state index in [4.69, 9.17) is 10.8 Å². The molecule has 1 aliphatic rings. The lowest BCUT2D eigenvalue weighted by Crippen LogP contribution is -2.17. The van der Waals surface area contributed by atoms with Gasteiger partial charge in [-0.05, 0) is 36.0 Å². The molecule has 3 N–H and O–H groups in total. The predicted octanol–water partition coefficient (Wildman–Crippen LogP) is 2.07. The first-order chi connectivity index (χ1) is 7.16. The van der Waals surface area contributed by atoms with Crippen molar-refractivity contribution < 1.29 is 9.90 Å². The number of benzene rings is 1. The molecule has 0 bridgehead atoms. The van der Waals surface area contributed by atoms with Crippen molar-refractivity contribution in [2.75, 3.05) is 0 Å². The maximum atomic E-state index is 10.6. The first kappa shape index (κ1) is 13.0. The first-order valence-corrected chi connectivity index (χ1v) is 5.26. The standard InChI is InChI=1S/C12H15NO2.ClH/c13-11-3-1-2-9-5-4-8(6-10(9)11)7-12(14)15;/h4-6,11H,1-3,7,13H2,(H,14,15);1H/t11-;/m0./s1. The molecule has 0 saturated carbocycles. The van der Waals surface area contributed by atoms with Crippen LogP contribution in [0, 0.1) is 0 Å². The van der Waals surface area contributed by atoms with Crippen LogP contribution in [-0.2, 0) is 17.6 Å². The molecule has 2 rings (SSSR count). The Balaban J connectivity index is 0.00000128. The van der Waals surface area contributed by atoms with Gasteiger partial charge in [0.2, 0.25) is 0 Å². The number of aliphatic carboxylic acids is 1. The van der Waals surface area contributed by atoms with E-state index in [1.165, 1.54) is 5.56 Å². The lowest BCUT2D eigenvalue weighted by Gasteiger charge is -2.22. The van der Waals surface area contributed by atoms with Crippen molar-refractivity contribution in [2.24, 2.45) is 5.73 Å². The molecule has 1 atom stereocenters. The van der Waals surface area contributed by atoms with Crippen molar-refractivity contribution >= 4 is 18.4 Å². The number of nitrogens with two attached hydrogens (primary N) is 1. The van der Waals surface area contributed by atoms with Crippen LogP contribution >= 0.6 is 12.4 Å². The van der Waals surface area contributed by atoms with Gasteiger partial charge in [-0.15, -0.1) is 12.4 Å². The van der Waals surface area contributed by atoms with E-state index in [9.17, 15) is 4.79 Å². The van der Waals surface area contributed by atoms with Crippen molar-refractivity contribution in [3.63, 3.8) is 0 Å². The summed E-state index contributed by atoms with van der Waals surface area (Å²) in [4.78, 5) is 10.6. The number of carboxylic acids is 1. The molecule has 16 heavy (non-hydrogen) atoms. The molecule has 0 aliphatic heterocycles. The highest BCUT2D eigenvalue weighted by molar-refractivity contribution is 5.85. The SMILES string of the molecule is Cl.N[C@H]1CCCc2ccc(CC(=O)O)cc21. The summed E-state index contributed by atoms with van der Waals surface area (Å²) in [6.45, 7) is 0. The Morgan fingerprint density at radius 3 is 2.94 bits per heavy atom. The molecule has 0 amide bonds. The Morgan fingerprint density at radius 1 is 1.50 bits per heavy atom. The fourth-order valence-electron chi connectivity index (χ4n) is 2.17. The second-order valence-corrected chi connectivity index (χ2v) is 4.10. The number of fused-ring (bicyclic) bond motifs is 1. The van der Waals surface area contributed by atoms with Crippen LogP contribution in [0.5, 0.6) is 0 Å². The highest BCUT2D eigenvalue weighted by Crippen LogP contribution is 2.28. The van der Waals surface area contributed by atoms with Crippen molar-refractivity contribution in [3.05, 3.63) is 34.9 Å². The van der Waals surface area contributed by atoms with Crippen molar-refractivity contribution in [2.45, 2.75) is 31.7 Å². The van der Waals surface area contributed by atoms with Crippen LogP contribution in [0.3, 0.4) is 0 Å². The molecule has 0 radical (unpaired) electrons. The number of carboxylic acid groups (broad SMARTS) is 1. The number of halogens is 1. The molecular formula is C12H16ClNO2. The number of hydrogen-bond donors (Lipinski definition) is 2. The zero-order chi connectivity index (χ0) is 10.8. The first-order valence-electron chi connectivity index (χ1n) is 5.26. The summed E-state index contributed by atoms with van der Waals surface area (Å²) in [7, 11) is 0. The van der Waals surface area contributed by atoms with E-state index in [1.807, 2.05) is 18.2 Å². The van der Waals surface area contributed by atoms with E-state index < -0.39 is 5.97 Å². The Hall–Kier alpha value is -1.06. The third kappa shape index (κ3) is 2.74. The van der Waals surface area contributed by atoms with Gasteiger partial charge in [-0.1, -0.05) is 18.2 Å². The molecule has 0 heterocycles. The van der Waals surface area contributed by atoms with Crippen LogP contribution in [0.1, 0.15) is 35.6 Å². The van der Waals surface area contributed by atoms with E-state index in [2.05, 4.69) is 0 Å². The van der Waals surface area contributed by atoms with Gasteiger partial charge < -0.3 is 10.8 Å². The average Bonchev–Trinajstić information content (AvgIpc) is 2.18. The smallest absolute Gasteiger partial charge is 0.307 e.